The van der Waals surface area contributed by atoms with E-state index in [-0.39, 0.29) is 18.1 Å². The summed E-state index contributed by atoms with van der Waals surface area (Å²) < 4.78 is 43.6. The van der Waals surface area contributed by atoms with Gasteiger partial charge in [0.15, 0.2) is 0 Å². The molecule has 2 amide bonds. The van der Waals surface area contributed by atoms with Gasteiger partial charge in [0.25, 0.3) is 0 Å². The molecule has 3 N–H and O–H groups in total. The summed E-state index contributed by atoms with van der Waals surface area (Å²) in [4.78, 5) is 45.8. The third-order valence-electron chi connectivity index (χ3n) is 6.63. The SMILES string of the molecule is N#CC1CCCN1C(=O)C(N)Cc1c[nH]c2ccc(OC(=O)N(OC(=O)C(F)(F)F)C3CCCC3)cc12. The second-order valence-electron chi connectivity index (χ2n) is 9.16. The predicted molar refractivity (Wildman–Crippen MR) is 123 cm³/mol. The number of H-pyrrole nitrogens is 1. The molecule has 2 atom stereocenters. The molecule has 1 aliphatic heterocycles. The quantitative estimate of drug-likeness (QED) is 0.575. The number of carbonyl (C=O) groups excluding carboxylic acids is 3. The number of halogens is 3. The van der Waals surface area contributed by atoms with E-state index in [0.717, 1.165) is 6.42 Å². The van der Waals surface area contributed by atoms with Crippen LogP contribution in [0.15, 0.2) is 24.4 Å². The molecule has 0 spiro atoms. The van der Waals surface area contributed by atoms with E-state index in [0.29, 0.717) is 60.2 Å². The van der Waals surface area contributed by atoms with Gasteiger partial charge in [-0.1, -0.05) is 12.8 Å². The van der Waals surface area contributed by atoms with Gasteiger partial charge in [-0.3, -0.25) is 4.79 Å². The van der Waals surface area contributed by atoms with Crippen molar-refractivity contribution < 1.29 is 37.1 Å². The molecule has 1 aliphatic carbocycles. The smallest absolute Gasteiger partial charge is 0.408 e. The fraction of sp³-hybridized carbons (Fsp3) is 0.500. The molecule has 37 heavy (non-hydrogen) atoms. The van der Waals surface area contributed by atoms with Gasteiger partial charge in [0.1, 0.15) is 11.8 Å². The van der Waals surface area contributed by atoms with Crippen molar-refractivity contribution in [3.63, 3.8) is 0 Å². The molecule has 198 valence electrons. The van der Waals surface area contributed by atoms with Gasteiger partial charge >= 0.3 is 18.2 Å². The number of nitriles is 1. The molecule has 1 saturated carbocycles. The molecule has 10 nitrogen and oxygen atoms in total. The summed E-state index contributed by atoms with van der Waals surface area (Å²) in [6.07, 6.45) is -1.30. The van der Waals surface area contributed by atoms with Crippen LogP contribution in [-0.4, -0.2) is 63.8 Å². The van der Waals surface area contributed by atoms with Crippen LogP contribution < -0.4 is 10.5 Å². The maximum absolute atomic E-state index is 12.8. The Hall–Kier alpha value is -3.79. The van der Waals surface area contributed by atoms with E-state index < -0.39 is 36.4 Å². The molecule has 2 aromatic rings. The van der Waals surface area contributed by atoms with Crippen molar-refractivity contribution in [3.05, 3.63) is 30.0 Å². The summed E-state index contributed by atoms with van der Waals surface area (Å²) >= 11 is 0. The average Bonchev–Trinajstić information content (AvgIpc) is 3.62. The number of alkyl halides is 3. The topological polar surface area (TPSA) is 142 Å². The van der Waals surface area contributed by atoms with Crippen LogP contribution in [0.25, 0.3) is 10.9 Å². The highest BCUT2D eigenvalue weighted by molar-refractivity contribution is 5.88. The van der Waals surface area contributed by atoms with Crippen molar-refractivity contribution in [2.24, 2.45) is 5.73 Å². The van der Waals surface area contributed by atoms with Crippen LogP contribution >= 0.6 is 0 Å². The lowest BCUT2D eigenvalue weighted by atomic mass is 10.0. The Morgan fingerprint density at radius 1 is 1.22 bits per heavy atom. The van der Waals surface area contributed by atoms with E-state index in [2.05, 4.69) is 15.9 Å². The maximum Gasteiger partial charge on any atom is 0.493 e. The van der Waals surface area contributed by atoms with Gasteiger partial charge in [0.2, 0.25) is 5.91 Å². The van der Waals surface area contributed by atoms with Gasteiger partial charge in [0, 0.05) is 23.6 Å². The number of rotatable bonds is 5. The number of nitrogens with zero attached hydrogens (tertiary/aromatic N) is 3. The van der Waals surface area contributed by atoms with Crippen molar-refractivity contribution in [2.75, 3.05) is 6.54 Å². The van der Waals surface area contributed by atoms with E-state index in [1.165, 1.54) is 17.0 Å². The molecule has 1 aromatic heterocycles. The molecule has 0 bridgehead atoms. The van der Waals surface area contributed by atoms with Crippen LogP contribution in [0.1, 0.15) is 44.1 Å². The molecule has 1 saturated heterocycles. The van der Waals surface area contributed by atoms with E-state index >= 15 is 0 Å². The van der Waals surface area contributed by atoms with E-state index in [9.17, 15) is 32.8 Å². The first-order chi connectivity index (χ1) is 17.6. The van der Waals surface area contributed by atoms with Crippen LogP contribution in [0.5, 0.6) is 5.75 Å². The average molecular weight is 521 g/mol. The highest BCUT2D eigenvalue weighted by Gasteiger charge is 2.45. The monoisotopic (exact) mass is 521 g/mol. The van der Waals surface area contributed by atoms with Gasteiger partial charge in [-0.05, 0) is 55.9 Å². The van der Waals surface area contributed by atoms with Crippen LogP contribution in [0.2, 0.25) is 0 Å². The standard InChI is InChI=1S/C24H26F3N5O5/c25-24(26,27)22(34)37-32(15-4-1-2-5-15)23(35)36-17-7-8-20-18(11-17)14(13-30-20)10-19(29)21(33)31-9-3-6-16(31)12-28/h7-8,11,13,15-16,19,30H,1-6,9-10,29H2. The Balaban J connectivity index is 1.49. The highest BCUT2D eigenvalue weighted by Crippen LogP contribution is 2.29. The Morgan fingerprint density at radius 3 is 2.62 bits per heavy atom. The van der Waals surface area contributed by atoms with Gasteiger partial charge in [-0.15, -0.1) is 5.06 Å². The first-order valence-corrected chi connectivity index (χ1v) is 11.9. The second-order valence-corrected chi connectivity index (χ2v) is 9.16. The fourth-order valence-corrected chi connectivity index (χ4v) is 4.78. The lowest BCUT2D eigenvalue weighted by Gasteiger charge is -2.26. The van der Waals surface area contributed by atoms with Crippen molar-refractivity contribution >= 4 is 28.9 Å². The summed E-state index contributed by atoms with van der Waals surface area (Å²) in [6, 6.07) is 4.51. The lowest BCUT2D eigenvalue weighted by molar-refractivity contribution is -0.235. The highest BCUT2D eigenvalue weighted by atomic mass is 19.4. The molecule has 2 unspecified atom stereocenters. The predicted octanol–water partition coefficient (Wildman–Crippen LogP) is 3.32. The van der Waals surface area contributed by atoms with E-state index in [1.54, 1.807) is 12.3 Å². The van der Waals surface area contributed by atoms with Crippen LogP contribution in [0.3, 0.4) is 0 Å². The maximum atomic E-state index is 12.8. The molecule has 2 fully saturated rings. The van der Waals surface area contributed by atoms with E-state index in [4.69, 9.17) is 10.5 Å². The normalized spacial score (nSPS) is 19.0. The number of benzene rings is 1. The summed E-state index contributed by atoms with van der Waals surface area (Å²) in [5.41, 5.74) is 7.46. The zero-order valence-electron chi connectivity index (χ0n) is 19.8. The summed E-state index contributed by atoms with van der Waals surface area (Å²) in [6.45, 7) is 0.467. The Labute approximate surface area is 210 Å². The number of hydroxylamine groups is 2. The third-order valence-corrected chi connectivity index (χ3v) is 6.63. The minimum atomic E-state index is -5.27. The van der Waals surface area contributed by atoms with Gasteiger partial charge in [-0.25, -0.2) is 9.59 Å². The molecule has 0 radical (unpaired) electrons. The van der Waals surface area contributed by atoms with Gasteiger partial charge in [-0.2, -0.15) is 18.4 Å². The van der Waals surface area contributed by atoms with Crippen LogP contribution in [0, 0.1) is 11.3 Å². The summed E-state index contributed by atoms with van der Waals surface area (Å²) in [5.74, 6) is -2.83. The van der Waals surface area contributed by atoms with Crippen LogP contribution in [0.4, 0.5) is 18.0 Å². The molecule has 2 aliphatic rings. The first-order valence-electron chi connectivity index (χ1n) is 11.9. The largest absolute Gasteiger partial charge is 0.493 e. The number of carbonyl (C=O) groups is 3. The number of nitrogens with one attached hydrogen (secondary N) is 1. The number of amides is 2. The van der Waals surface area contributed by atoms with Gasteiger partial charge in [0.05, 0.1) is 18.2 Å². The number of ether oxygens (including phenoxy) is 1. The van der Waals surface area contributed by atoms with Crippen LogP contribution in [-0.2, 0) is 20.8 Å². The molecular weight excluding hydrogens is 495 g/mol. The van der Waals surface area contributed by atoms with Crippen molar-refractivity contribution in [2.45, 2.75) is 69.2 Å². The lowest BCUT2D eigenvalue weighted by Crippen LogP contribution is -2.46. The molecule has 1 aromatic carbocycles. The number of hydrogen-bond donors (Lipinski definition) is 2. The molecule has 2 heterocycles. The minimum Gasteiger partial charge on any atom is -0.408 e. The Bertz CT molecular complexity index is 1220. The number of fused-ring (bicyclic) bond motifs is 1. The zero-order valence-corrected chi connectivity index (χ0v) is 19.8. The second kappa shape index (κ2) is 10.7. The number of nitrogens with two attached hydrogens (primary N) is 1. The minimum absolute atomic E-state index is 0.00777. The summed E-state index contributed by atoms with van der Waals surface area (Å²) in [7, 11) is 0. The fourth-order valence-electron chi connectivity index (χ4n) is 4.78. The van der Waals surface area contributed by atoms with E-state index in [1.807, 2.05) is 0 Å². The molecular formula is C24H26F3N5O5. The first kappa shape index (κ1) is 26.3. The van der Waals surface area contributed by atoms with Crippen molar-refractivity contribution in [1.82, 2.24) is 14.9 Å². The molecule has 13 heteroatoms. The number of hydrogen-bond acceptors (Lipinski definition) is 7. The zero-order chi connectivity index (χ0) is 26.7. The Kier molecular flexibility index (Phi) is 7.58. The number of aromatic nitrogens is 1. The van der Waals surface area contributed by atoms with Crippen molar-refractivity contribution in [3.8, 4) is 11.8 Å². The van der Waals surface area contributed by atoms with Crippen molar-refractivity contribution in [1.29, 1.82) is 5.26 Å². The third kappa shape index (κ3) is 5.80. The number of likely N-dealkylation sites (tertiary alicyclic amines) is 1. The Morgan fingerprint density at radius 2 is 1.95 bits per heavy atom. The molecule has 4 rings (SSSR count). The number of aromatic amines is 1. The summed E-state index contributed by atoms with van der Waals surface area (Å²) in [5, 5.41) is 10.2. The van der Waals surface area contributed by atoms with Gasteiger partial charge < -0.3 is 25.2 Å².